The number of nitrogens with zero attached hydrogens (tertiary/aromatic N) is 1. The molecule has 90 valence electrons. The fraction of sp³-hybridized carbons (Fsp3) is 0.538. The lowest BCUT2D eigenvalue weighted by molar-refractivity contribution is 0.340. The lowest BCUT2D eigenvalue weighted by atomic mass is 10.2. The molecule has 0 saturated heterocycles. The number of likely N-dealkylation sites (N-methyl/N-ethyl adjacent to an activating group) is 1. The van der Waals surface area contributed by atoms with Crippen LogP contribution in [0.2, 0.25) is 0 Å². The van der Waals surface area contributed by atoms with Crippen LogP contribution in [-0.2, 0) is 0 Å². The Morgan fingerprint density at radius 1 is 1.25 bits per heavy atom. The molecule has 1 unspecified atom stereocenters. The van der Waals surface area contributed by atoms with Gasteiger partial charge >= 0.3 is 0 Å². The Bertz CT molecular complexity index is 297. The van der Waals surface area contributed by atoms with Gasteiger partial charge in [-0.05, 0) is 45.0 Å². The predicted octanol–water partition coefficient (Wildman–Crippen LogP) is 2.26. The summed E-state index contributed by atoms with van der Waals surface area (Å²) in [7, 11) is 0. The van der Waals surface area contributed by atoms with E-state index in [0.29, 0.717) is 19.2 Å². The first-order valence-corrected chi connectivity index (χ1v) is 5.92. The van der Waals surface area contributed by atoms with Crippen LogP contribution < -0.4 is 15.4 Å². The average Bonchev–Trinajstić information content (AvgIpc) is 2.32. The summed E-state index contributed by atoms with van der Waals surface area (Å²) in [5.74, 6) is 0.919. The molecule has 0 spiro atoms. The van der Waals surface area contributed by atoms with Gasteiger partial charge in [0.15, 0.2) is 0 Å². The van der Waals surface area contributed by atoms with Crippen molar-refractivity contribution in [2.75, 3.05) is 24.6 Å². The monoisotopic (exact) mass is 222 g/mol. The van der Waals surface area contributed by atoms with Crippen molar-refractivity contribution in [3.05, 3.63) is 24.3 Å². The maximum atomic E-state index is 5.70. The molecule has 0 radical (unpaired) electrons. The lowest BCUT2D eigenvalue weighted by Crippen LogP contribution is -2.38. The SMILES string of the molecule is CCOc1ccc(N(CC)C(C)CN)cc1. The summed E-state index contributed by atoms with van der Waals surface area (Å²) in [4.78, 5) is 2.29. The number of hydrogen-bond acceptors (Lipinski definition) is 3. The normalized spacial score (nSPS) is 12.2. The molecule has 0 heterocycles. The molecule has 0 bridgehead atoms. The van der Waals surface area contributed by atoms with Crippen molar-refractivity contribution in [2.24, 2.45) is 5.73 Å². The molecule has 3 heteroatoms. The van der Waals surface area contributed by atoms with Gasteiger partial charge < -0.3 is 15.4 Å². The molecular weight excluding hydrogens is 200 g/mol. The molecule has 0 aliphatic rings. The van der Waals surface area contributed by atoms with Gasteiger partial charge in [-0.1, -0.05) is 0 Å². The summed E-state index contributed by atoms with van der Waals surface area (Å²) < 4.78 is 5.42. The minimum Gasteiger partial charge on any atom is -0.494 e. The molecule has 0 fully saturated rings. The number of anilines is 1. The number of rotatable bonds is 6. The molecule has 1 atom stereocenters. The van der Waals surface area contributed by atoms with Gasteiger partial charge in [0, 0.05) is 24.8 Å². The van der Waals surface area contributed by atoms with Crippen LogP contribution in [-0.4, -0.2) is 25.7 Å². The molecule has 3 nitrogen and oxygen atoms in total. The molecular formula is C13H22N2O. The van der Waals surface area contributed by atoms with E-state index in [1.165, 1.54) is 5.69 Å². The van der Waals surface area contributed by atoms with Crippen molar-refractivity contribution in [1.29, 1.82) is 0 Å². The maximum Gasteiger partial charge on any atom is 0.119 e. The Labute approximate surface area is 98.2 Å². The zero-order valence-corrected chi connectivity index (χ0v) is 10.4. The molecule has 0 saturated carbocycles. The van der Waals surface area contributed by atoms with Crippen molar-refractivity contribution in [3.63, 3.8) is 0 Å². The zero-order valence-electron chi connectivity index (χ0n) is 10.4. The molecule has 2 N–H and O–H groups in total. The Morgan fingerprint density at radius 2 is 1.88 bits per heavy atom. The number of benzene rings is 1. The van der Waals surface area contributed by atoms with E-state index >= 15 is 0 Å². The van der Waals surface area contributed by atoms with E-state index in [-0.39, 0.29) is 0 Å². The molecule has 0 amide bonds. The molecule has 1 aromatic carbocycles. The third-order valence-electron chi connectivity index (χ3n) is 2.69. The Morgan fingerprint density at radius 3 is 2.31 bits per heavy atom. The molecule has 16 heavy (non-hydrogen) atoms. The summed E-state index contributed by atoms with van der Waals surface area (Å²) in [6, 6.07) is 8.54. The zero-order chi connectivity index (χ0) is 12.0. The van der Waals surface area contributed by atoms with Crippen LogP contribution in [0.25, 0.3) is 0 Å². The standard InChI is InChI=1S/C13H22N2O/c1-4-15(11(3)10-14)12-6-8-13(9-7-12)16-5-2/h6-9,11H,4-5,10,14H2,1-3H3. The van der Waals surface area contributed by atoms with E-state index in [1.807, 2.05) is 19.1 Å². The highest BCUT2D eigenvalue weighted by Gasteiger charge is 2.10. The summed E-state index contributed by atoms with van der Waals surface area (Å²) in [5.41, 5.74) is 6.90. The highest BCUT2D eigenvalue weighted by molar-refractivity contribution is 5.49. The lowest BCUT2D eigenvalue weighted by Gasteiger charge is -2.29. The van der Waals surface area contributed by atoms with Gasteiger partial charge in [-0.15, -0.1) is 0 Å². The van der Waals surface area contributed by atoms with E-state index in [1.54, 1.807) is 0 Å². The van der Waals surface area contributed by atoms with Crippen LogP contribution in [0.15, 0.2) is 24.3 Å². The second kappa shape index (κ2) is 6.38. The minimum atomic E-state index is 0.364. The Hall–Kier alpha value is -1.22. The van der Waals surface area contributed by atoms with Gasteiger partial charge in [0.1, 0.15) is 5.75 Å². The van der Waals surface area contributed by atoms with Crippen LogP contribution in [0, 0.1) is 0 Å². The highest BCUT2D eigenvalue weighted by atomic mass is 16.5. The second-order valence-corrected chi connectivity index (χ2v) is 3.80. The summed E-state index contributed by atoms with van der Waals surface area (Å²) in [6.45, 7) is 8.61. The molecule has 0 aliphatic heterocycles. The summed E-state index contributed by atoms with van der Waals surface area (Å²) in [5, 5.41) is 0. The number of nitrogens with two attached hydrogens (primary N) is 1. The summed E-state index contributed by atoms with van der Waals surface area (Å²) in [6.07, 6.45) is 0. The van der Waals surface area contributed by atoms with Crippen LogP contribution >= 0.6 is 0 Å². The van der Waals surface area contributed by atoms with Crippen molar-refractivity contribution < 1.29 is 4.74 Å². The predicted molar refractivity (Wildman–Crippen MR) is 69.1 cm³/mol. The van der Waals surface area contributed by atoms with Gasteiger partial charge in [0.05, 0.1) is 6.61 Å². The summed E-state index contributed by atoms with van der Waals surface area (Å²) >= 11 is 0. The first kappa shape index (κ1) is 12.8. The molecule has 1 rings (SSSR count). The highest BCUT2D eigenvalue weighted by Crippen LogP contribution is 2.20. The third-order valence-corrected chi connectivity index (χ3v) is 2.69. The van der Waals surface area contributed by atoms with Gasteiger partial charge in [-0.2, -0.15) is 0 Å². The quantitative estimate of drug-likeness (QED) is 0.802. The maximum absolute atomic E-state index is 5.70. The minimum absolute atomic E-state index is 0.364. The van der Waals surface area contributed by atoms with E-state index < -0.39 is 0 Å². The van der Waals surface area contributed by atoms with Gasteiger partial charge in [-0.3, -0.25) is 0 Å². The number of hydrogen-bond donors (Lipinski definition) is 1. The number of ether oxygens (including phenoxy) is 1. The van der Waals surface area contributed by atoms with Crippen molar-refractivity contribution in [1.82, 2.24) is 0 Å². The molecule has 0 aromatic heterocycles. The van der Waals surface area contributed by atoms with Gasteiger partial charge in [0.2, 0.25) is 0 Å². The van der Waals surface area contributed by atoms with Crippen molar-refractivity contribution >= 4 is 5.69 Å². The fourth-order valence-corrected chi connectivity index (χ4v) is 1.78. The first-order chi connectivity index (χ1) is 7.72. The van der Waals surface area contributed by atoms with Crippen LogP contribution in [0.4, 0.5) is 5.69 Å². The average molecular weight is 222 g/mol. The van der Waals surface area contributed by atoms with E-state index in [4.69, 9.17) is 10.5 Å². The van der Waals surface area contributed by atoms with E-state index in [9.17, 15) is 0 Å². The fourth-order valence-electron chi connectivity index (χ4n) is 1.78. The van der Waals surface area contributed by atoms with E-state index in [0.717, 1.165) is 12.3 Å². The topological polar surface area (TPSA) is 38.5 Å². The van der Waals surface area contributed by atoms with Crippen LogP contribution in [0.5, 0.6) is 5.75 Å². The largest absolute Gasteiger partial charge is 0.494 e. The first-order valence-electron chi connectivity index (χ1n) is 5.92. The van der Waals surface area contributed by atoms with Gasteiger partial charge in [0.25, 0.3) is 0 Å². The Kier molecular flexibility index (Phi) is 5.12. The third kappa shape index (κ3) is 3.14. The second-order valence-electron chi connectivity index (χ2n) is 3.80. The molecule has 0 aliphatic carbocycles. The van der Waals surface area contributed by atoms with Crippen LogP contribution in [0.3, 0.4) is 0 Å². The van der Waals surface area contributed by atoms with Crippen molar-refractivity contribution in [2.45, 2.75) is 26.8 Å². The smallest absolute Gasteiger partial charge is 0.119 e. The van der Waals surface area contributed by atoms with Crippen molar-refractivity contribution in [3.8, 4) is 5.75 Å². The molecule has 1 aromatic rings. The Balaban J connectivity index is 2.78. The van der Waals surface area contributed by atoms with Gasteiger partial charge in [-0.25, -0.2) is 0 Å². The van der Waals surface area contributed by atoms with Crippen LogP contribution in [0.1, 0.15) is 20.8 Å². The van der Waals surface area contributed by atoms with E-state index in [2.05, 4.69) is 30.9 Å².